The van der Waals surface area contributed by atoms with Crippen LogP contribution in [0.1, 0.15) is 33.3 Å². The maximum atomic E-state index is 11.8. The zero-order valence-corrected chi connectivity index (χ0v) is 35.8. The van der Waals surface area contributed by atoms with E-state index in [1.54, 1.807) is 0 Å². The minimum Gasteiger partial charge on any atom is -0.504 e. The highest BCUT2D eigenvalue weighted by Crippen LogP contribution is 2.25. The number of amidine groups is 1. The van der Waals surface area contributed by atoms with Gasteiger partial charge in [-0.25, -0.2) is 28.1 Å². The van der Waals surface area contributed by atoms with Crippen molar-refractivity contribution < 1.29 is 101 Å². The normalized spacial score (nSPS) is 13.7. The first-order chi connectivity index (χ1) is 27.5. The molecule has 1 heterocycles. The van der Waals surface area contributed by atoms with Crippen LogP contribution in [-0.4, -0.2) is 136 Å². The number of hydrogen-bond acceptors (Lipinski definition) is 21. The van der Waals surface area contributed by atoms with Gasteiger partial charge < -0.3 is 30.1 Å². The minimum absolute atomic E-state index is 0.0139. The molecule has 0 saturated carbocycles. The number of nitrogens with one attached hydrogen (secondary N) is 3. The standard InChI is InChI=1S/C5H5NO3.C5H6O4.C5H4O3.C4H4F6N2O4S2.2C3H7NO2.C2H7NO2S/c1-6-2-3(7)5(9)4(2)8;1-3-8-4(6)2-5(7)9-3;1-2-3(6)5(8)4(2)7;1-2(11-17(13,14)3(5,6)7)12-18(15,16)4(8,9)10;2*1-3(5)4(2)6;1-3-6(2,4)5/h6-7H,1H3;2-3,6H,1H3;6H,1H3;1H3,(H,11,12);2*6H,1-2H3;3H,1-2H3. The number of hydroxylamine groups is 4. The Bertz CT molecular complexity index is 2330. The van der Waals surface area contributed by atoms with E-state index in [0.29, 0.717) is 21.8 Å². The van der Waals surface area contributed by atoms with E-state index in [-0.39, 0.29) is 28.8 Å². The molecule has 0 aromatic heterocycles. The Morgan fingerprint density at radius 2 is 1.11 bits per heavy atom. The Labute approximate surface area is 345 Å². The van der Waals surface area contributed by atoms with Crippen LogP contribution in [-0.2, 0) is 53.9 Å². The molecular weight excluding hydrogens is 939 g/mol. The largest absolute Gasteiger partial charge is 0.518 e. The van der Waals surface area contributed by atoms with Gasteiger partial charge in [-0.3, -0.25) is 43.9 Å². The number of cyclic esters (lactones) is 1. The lowest BCUT2D eigenvalue weighted by Crippen LogP contribution is -2.40. The van der Waals surface area contributed by atoms with Gasteiger partial charge in [0.2, 0.25) is 33.6 Å². The zero-order valence-electron chi connectivity index (χ0n) is 33.3. The van der Waals surface area contributed by atoms with Gasteiger partial charge in [-0.2, -0.15) is 43.2 Å². The third kappa shape index (κ3) is 24.4. The lowest BCUT2D eigenvalue weighted by atomic mass is 10.1. The summed E-state index contributed by atoms with van der Waals surface area (Å²) in [5.41, 5.74) is -14.3. The molecule has 8 N–H and O–H groups in total. The molecule has 1 aliphatic heterocycles. The molecular formula is C27H40F6N6O20S3. The lowest BCUT2D eigenvalue weighted by Gasteiger charge is -2.16. The van der Waals surface area contributed by atoms with Gasteiger partial charge in [0.25, 0.3) is 22.2 Å². The molecule has 2 aromatic rings. The first-order valence-electron chi connectivity index (χ1n) is 15.1. The second kappa shape index (κ2) is 25.8. The number of amides is 2. The van der Waals surface area contributed by atoms with E-state index in [2.05, 4.69) is 19.5 Å². The molecule has 0 bridgehead atoms. The number of hydrogen-bond donors (Lipinski definition) is 8. The average molecular weight is 979 g/mol. The molecule has 0 fully saturated rings. The quantitative estimate of drug-likeness (QED) is 0.0319. The highest BCUT2D eigenvalue weighted by molar-refractivity contribution is 7.92. The number of carbonyl (C=O) groups is 3. The van der Waals surface area contributed by atoms with Crippen molar-refractivity contribution in [1.29, 1.82) is 0 Å². The fourth-order valence-electron chi connectivity index (χ4n) is 2.13. The van der Waals surface area contributed by atoms with E-state index in [0.717, 1.165) is 12.3 Å². The highest BCUT2D eigenvalue weighted by Gasteiger charge is 2.48. The summed E-state index contributed by atoms with van der Waals surface area (Å²) in [6.07, 6.45) is 1.30. The van der Waals surface area contributed by atoms with Crippen molar-refractivity contribution in [2.45, 2.75) is 51.9 Å². The van der Waals surface area contributed by atoms with Gasteiger partial charge in [0, 0.05) is 47.5 Å². The Balaban J connectivity index is -0.000000331. The van der Waals surface area contributed by atoms with Gasteiger partial charge in [-0.1, -0.05) is 0 Å². The summed E-state index contributed by atoms with van der Waals surface area (Å²) >= 11 is 0. The monoisotopic (exact) mass is 978 g/mol. The number of halogens is 6. The molecule has 3 rings (SSSR count). The minimum atomic E-state index is -6.12. The number of sulfonamides is 3. The zero-order chi connectivity index (χ0) is 50.7. The second-order valence-electron chi connectivity index (χ2n) is 10.6. The molecule has 1 unspecified atom stereocenters. The molecule has 1 aliphatic rings. The van der Waals surface area contributed by atoms with Crippen molar-refractivity contribution in [2.75, 3.05) is 39.8 Å². The summed E-state index contributed by atoms with van der Waals surface area (Å²) in [6, 6.07) is 0. The van der Waals surface area contributed by atoms with Crippen molar-refractivity contribution in [2.24, 2.45) is 4.40 Å². The molecule has 0 spiro atoms. The van der Waals surface area contributed by atoms with Crippen LogP contribution in [0.15, 0.2) is 35.6 Å². The molecule has 26 nitrogen and oxygen atoms in total. The van der Waals surface area contributed by atoms with Crippen molar-refractivity contribution in [1.82, 2.24) is 19.6 Å². The number of ether oxygens (including phenoxy) is 2. The molecule has 0 aliphatic carbocycles. The number of aromatic hydroxyl groups is 2. The third-order valence-corrected chi connectivity index (χ3v) is 8.50. The SMILES string of the molecule is CC(=NS(=O)(=O)C(F)(F)F)NS(=O)(=O)C(F)(F)F.CC(=O)N(C)O.CC(=O)N(C)O.CC1OC(=O)C=C(O)O1.CNS(C)(=O)=O.CNc1c(O)c(=O)c1=O.Cc1c(O)c(=O)c1=O. The Kier molecular flexibility index (Phi) is 26.1. The van der Waals surface area contributed by atoms with Crippen molar-refractivity contribution in [3.8, 4) is 11.5 Å². The Morgan fingerprint density at radius 3 is 1.31 bits per heavy atom. The van der Waals surface area contributed by atoms with Gasteiger partial charge in [0.15, 0.2) is 11.5 Å². The molecule has 0 saturated heterocycles. The van der Waals surface area contributed by atoms with E-state index >= 15 is 0 Å². The van der Waals surface area contributed by atoms with Crippen molar-refractivity contribution in [3.63, 3.8) is 0 Å². The average Bonchev–Trinajstić information content (AvgIpc) is 3.10. The summed E-state index contributed by atoms with van der Waals surface area (Å²) < 4.78 is 145. The van der Waals surface area contributed by atoms with Gasteiger partial charge in [-0.15, -0.1) is 4.40 Å². The number of rotatable bonds is 4. The van der Waals surface area contributed by atoms with Crippen LogP contribution in [0.4, 0.5) is 32.0 Å². The van der Waals surface area contributed by atoms with E-state index in [4.69, 9.17) is 25.7 Å². The number of aliphatic hydroxyl groups is 1. The van der Waals surface area contributed by atoms with Crippen LogP contribution in [0.25, 0.3) is 0 Å². The van der Waals surface area contributed by atoms with Gasteiger partial charge in [0.1, 0.15) is 17.6 Å². The van der Waals surface area contributed by atoms with Crippen molar-refractivity contribution in [3.05, 3.63) is 58.5 Å². The fourth-order valence-corrected chi connectivity index (χ4v) is 3.25. The Hall–Kier alpha value is -5.91. The summed E-state index contributed by atoms with van der Waals surface area (Å²) in [5.74, 6) is -4.10. The van der Waals surface area contributed by atoms with Crippen LogP contribution >= 0.6 is 0 Å². The smallest absolute Gasteiger partial charge is 0.504 e. The third-order valence-electron chi connectivity index (χ3n) is 5.48. The van der Waals surface area contributed by atoms with E-state index in [1.807, 2.05) is 4.40 Å². The summed E-state index contributed by atoms with van der Waals surface area (Å²) in [7, 11) is -9.66. The number of aliphatic hydroxyl groups excluding tert-OH is 1. The molecule has 0 radical (unpaired) electrons. The fraction of sp³-hybridized carbons (Fsp3) is 0.481. The predicted molar refractivity (Wildman–Crippen MR) is 198 cm³/mol. The maximum absolute atomic E-state index is 11.8. The molecule has 1 atom stereocenters. The topological polar surface area (TPSA) is 396 Å². The summed E-state index contributed by atoms with van der Waals surface area (Å²) in [5, 5.41) is 45.3. The van der Waals surface area contributed by atoms with Crippen LogP contribution in [0, 0.1) is 6.92 Å². The van der Waals surface area contributed by atoms with E-state index < -0.39 is 92.6 Å². The molecule has 2 aromatic carbocycles. The number of anilines is 1. The molecule has 358 valence electrons. The Morgan fingerprint density at radius 1 is 0.742 bits per heavy atom. The van der Waals surface area contributed by atoms with Gasteiger partial charge >= 0.3 is 37.0 Å². The highest BCUT2D eigenvalue weighted by atomic mass is 32.2. The van der Waals surface area contributed by atoms with Gasteiger partial charge in [0.05, 0.1) is 6.26 Å². The number of esters is 1. The van der Waals surface area contributed by atoms with E-state index in [1.165, 1.54) is 55.9 Å². The second-order valence-corrected chi connectivity index (χ2v) is 15.8. The van der Waals surface area contributed by atoms with Gasteiger partial charge in [-0.05, 0) is 20.9 Å². The van der Waals surface area contributed by atoms with Crippen molar-refractivity contribution >= 4 is 59.4 Å². The first kappa shape index (κ1) is 62.7. The summed E-state index contributed by atoms with van der Waals surface area (Å²) in [6.45, 7) is 5.80. The maximum Gasteiger partial charge on any atom is 0.518 e. The molecule has 62 heavy (non-hydrogen) atoms. The van der Waals surface area contributed by atoms with Crippen LogP contribution in [0.5, 0.6) is 11.5 Å². The van der Waals surface area contributed by atoms with E-state index in [9.17, 15) is 85.2 Å². The molecule has 35 heteroatoms. The molecule has 2 amide bonds. The number of carbonyl (C=O) groups excluding carboxylic acids is 3. The van der Waals surface area contributed by atoms with Crippen LogP contribution in [0.2, 0.25) is 0 Å². The summed E-state index contributed by atoms with van der Waals surface area (Å²) in [4.78, 5) is 70.9. The number of nitrogens with zero attached hydrogens (tertiary/aromatic N) is 3. The van der Waals surface area contributed by atoms with Crippen LogP contribution < -0.4 is 36.5 Å². The van der Waals surface area contributed by atoms with Crippen LogP contribution in [0.3, 0.4) is 0 Å². The number of alkyl halides is 6. The first-order valence-corrected chi connectivity index (χ1v) is 20.0. The predicted octanol–water partition coefficient (Wildman–Crippen LogP) is -1.80. The lowest BCUT2D eigenvalue weighted by molar-refractivity contribution is -0.177.